The summed E-state index contributed by atoms with van der Waals surface area (Å²) in [6, 6.07) is 4.00. The number of aryl methyl sites for hydroxylation is 2. The molecule has 0 saturated carbocycles. The minimum atomic E-state index is 0.183. The van der Waals surface area contributed by atoms with Gasteiger partial charge in [-0.05, 0) is 42.3 Å². The minimum absolute atomic E-state index is 0.183. The molecule has 1 fully saturated rings. The third kappa shape index (κ3) is 1.94. The van der Waals surface area contributed by atoms with Crippen molar-refractivity contribution >= 4 is 23.1 Å². The molecule has 1 aliphatic rings. The van der Waals surface area contributed by atoms with Gasteiger partial charge in [0.1, 0.15) is 5.15 Å². The highest BCUT2D eigenvalue weighted by Gasteiger charge is 2.32. The van der Waals surface area contributed by atoms with Crippen LogP contribution in [0, 0.1) is 6.92 Å². The van der Waals surface area contributed by atoms with E-state index in [-0.39, 0.29) is 6.04 Å². The fourth-order valence-electron chi connectivity index (χ4n) is 3.16. The predicted octanol–water partition coefficient (Wildman–Crippen LogP) is 1.56. The second-order valence-electron chi connectivity index (χ2n) is 5.48. The molecule has 1 atom stereocenters. The van der Waals surface area contributed by atoms with Crippen LogP contribution >= 0.6 is 11.6 Å². The van der Waals surface area contributed by atoms with Crippen molar-refractivity contribution in [1.29, 1.82) is 0 Å². The lowest BCUT2D eigenvalue weighted by Crippen LogP contribution is -2.24. The molecule has 4 rings (SSSR count). The summed E-state index contributed by atoms with van der Waals surface area (Å²) in [5, 5.41) is 21.0. The molecular weight excluding hydrogens is 304 g/mol. The van der Waals surface area contributed by atoms with E-state index in [1.165, 1.54) is 4.63 Å². The number of tetrazole rings is 1. The second kappa shape index (κ2) is 4.91. The van der Waals surface area contributed by atoms with Gasteiger partial charge >= 0.3 is 0 Å². The molecule has 0 bridgehead atoms. The van der Waals surface area contributed by atoms with E-state index in [9.17, 15) is 0 Å². The maximum absolute atomic E-state index is 6.44. The predicted molar refractivity (Wildman–Crippen MR) is 80.9 cm³/mol. The van der Waals surface area contributed by atoms with Gasteiger partial charge in [-0.15, -0.1) is 14.8 Å². The quantitative estimate of drug-likeness (QED) is 0.713. The summed E-state index contributed by atoms with van der Waals surface area (Å²) in [7, 11) is 1.86. The van der Waals surface area contributed by atoms with Crippen LogP contribution < -0.4 is 4.90 Å². The molecule has 0 amide bonds. The molecule has 1 aliphatic heterocycles. The fourth-order valence-corrected chi connectivity index (χ4v) is 3.46. The zero-order valence-corrected chi connectivity index (χ0v) is 13.1. The molecule has 0 spiro atoms. The number of halogens is 1. The van der Waals surface area contributed by atoms with Crippen molar-refractivity contribution in [3.8, 4) is 0 Å². The summed E-state index contributed by atoms with van der Waals surface area (Å²) < 4.78 is 3.17. The summed E-state index contributed by atoms with van der Waals surface area (Å²) in [5.41, 5.74) is 2.68. The van der Waals surface area contributed by atoms with Gasteiger partial charge in [0.2, 0.25) is 0 Å². The average Bonchev–Trinajstić information content (AvgIpc) is 3.19. The summed E-state index contributed by atoms with van der Waals surface area (Å²) in [5.74, 6) is 0.849. The van der Waals surface area contributed by atoms with Crippen molar-refractivity contribution < 1.29 is 0 Å². The van der Waals surface area contributed by atoms with Gasteiger partial charge in [0.05, 0.1) is 11.7 Å². The lowest BCUT2D eigenvalue weighted by Gasteiger charge is -2.25. The van der Waals surface area contributed by atoms with Gasteiger partial charge in [-0.3, -0.25) is 4.68 Å². The molecule has 0 aromatic carbocycles. The fraction of sp³-hybridized carbons (Fsp3) is 0.462. The SMILES string of the molecule is Cc1nn(C)c(Cl)c1[C@H]1CCCN1c1ccc2nnnn2n1. The third-order valence-corrected chi connectivity index (χ3v) is 4.58. The van der Waals surface area contributed by atoms with Crippen molar-refractivity contribution in [3.05, 3.63) is 28.5 Å². The molecule has 4 heterocycles. The zero-order chi connectivity index (χ0) is 15.3. The topological polar surface area (TPSA) is 77.0 Å². The van der Waals surface area contributed by atoms with Crippen LogP contribution in [-0.4, -0.2) is 41.6 Å². The van der Waals surface area contributed by atoms with Gasteiger partial charge in [-0.1, -0.05) is 11.6 Å². The van der Waals surface area contributed by atoms with Crippen molar-refractivity contribution in [2.45, 2.75) is 25.8 Å². The Labute approximate surface area is 131 Å². The normalized spacial score (nSPS) is 18.5. The van der Waals surface area contributed by atoms with Crippen LogP contribution in [0.25, 0.3) is 5.65 Å². The largest absolute Gasteiger partial charge is 0.348 e. The zero-order valence-electron chi connectivity index (χ0n) is 12.3. The number of anilines is 1. The van der Waals surface area contributed by atoms with Gasteiger partial charge in [0.25, 0.3) is 0 Å². The summed E-state index contributed by atoms with van der Waals surface area (Å²) in [6.07, 6.45) is 2.12. The average molecular weight is 319 g/mol. The van der Waals surface area contributed by atoms with Crippen LogP contribution in [0.3, 0.4) is 0 Å². The number of hydrogen-bond donors (Lipinski definition) is 0. The number of rotatable bonds is 2. The highest BCUT2D eigenvalue weighted by atomic mass is 35.5. The van der Waals surface area contributed by atoms with E-state index in [2.05, 4.69) is 30.6 Å². The van der Waals surface area contributed by atoms with Crippen LogP contribution in [0.15, 0.2) is 12.1 Å². The monoisotopic (exact) mass is 318 g/mol. The van der Waals surface area contributed by atoms with Gasteiger partial charge in [-0.25, -0.2) is 0 Å². The van der Waals surface area contributed by atoms with Crippen molar-refractivity contribution in [2.75, 3.05) is 11.4 Å². The Morgan fingerprint density at radius 2 is 2.14 bits per heavy atom. The van der Waals surface area contributed by atoms with E-state index in [0.717, 1.165) is 36.5 Å². The van der Waals surface area contributed by atoms with Crippen molar-refractivity contribution in [3.63, 3.8) is 0 Å². The van der Waals surface area contributed by atoms with E-state index >= 15 is 0 Å². The Bertz CT molecular complexity index is 838. The Balaban J connectivity index is 1.77. The summed E-state index contributed by atoms with van der Waals surface area (Å²) >= 11 is 6.44. The first kappa shape index (κ1) is 13.4. The van der Waals surface area contributed by atoms with Crippen molar-refractivity contribution in [1.82, 2.24) is 35.0 Å². The van der Waals surface area contributed by atoms with Crippen LogP contribution in [0.5, 0.6) is 0 Å². The van der Waals surface area contributed by atoms with E-state index in [0.29, 0.717) is 10.8 Å². The molecule has 8 nitrogen and oxygen atoms in total. The number of nitrogens with zero attached hydrogens (tertiary/aromatic N) is 8. The highest BCUT2D eigenvalue weighted by molar-refractivity contribution is 6.30. The second-order valence-corrected chi connectivity index (χ2v) is 5.84. The Morgan fingerprint density at radius 1 is 1.27 bits per heavy atom. The van der Waals surface area contributed by atoms with Gasteiger partial charge in [-0.2, -0.15) is 5.10 Å². The number of hydrogen-bond acceptors (Lipinski definition) is 6. The van der Waals surface area contributed by atoms with E-state index in [1.54, 1.807) is 4.68 Å². The first-order chi connectivity index (χ1) is 10.6. The van der Waals surface area contributed by atoms with E-state index in [4.69, 9.17) is 11.6 Å². The smallest absolute Gasteiger partial charge is 0.200 e. The number of aromatic nitrogens is 7. The maximum Gasteiger partial charge on any atom is 0.200 e. The maximum atomic E-state index is 6.44. The molecule has 114 valence electrons. The molecule has 0 unspecified atom stereocenters. The first-order valence-corrected chi connectivity index (χ1v) is 7.54. The highest BCUT2D eigenvalue weighted by Crippen LogP contribution is 2.39. The van der Waals surface area contributed by atoms with Gasteiger partial charge in [0.15, 0.2) is 11.5 Å². The lowest BCUT2D eigenvalue weighted by atomic mass is 10.1. The molecule has 3 aromatic heterocycles. The van der Waals surface area contributed by atoms with Gasteiger partial charge < -0.3 is 4.90 Å². The van der Waals surface area contributed by atoms with Crippen molar-refractivity contribution in [2.24, 2.45) is 7.05 Å². The van der Waals surface area contributed by atoms with Crippen LogP contribution in [-0.2, 0) is 7.05 Å². The molecule has 9 heteroatoms. The summed E-state index contributed by atoms with van der Waals surface area (Å²) in [4.78, 5) is 2.25. The standard InChI is InChI=1S/C13H15ClN8/c1-8-12(13(14)20(2)16-8)9-4-3-7-21(9)11-6-5-10-15-18-19-22(10)17-11/h5-6,9H,3-4,7H2,1-2H3/t9-/m1/s1. The van der Waals surface area contributed by atoms with E-state index in [1.807, 2.05) is 26.1 Å². The molecular formula is C13H15ClN8. The summed E-state index contributed by atoms with van der Waals surface area (Å²) in [6.45, 7) is 2.92. The minimum Gasteiger partial charge on any atom is -0.348 e. The Hall–Kier alpha value is -2.22. The molecule has 22 heavy (non-hydrogen) atoms. The molecule has 0 aliphatic carbocycles. The van der Waals surface area contributed by atoms with Crippen LogP contribution in [0.4, 0.5) is 5.82 Å². The Morgan fingerprint density at radius 3 is 2.91 bits per heavy atom. The van der Waals surface area contributed by atoms with Crippen LogP contribution in [0.2, 0.25) is 5.15 Å². The van der Waals surface area contributed by atoms with Crippen LogP contribution in [0.1, 0.15) is 30.1 Å². The van der Waals surface area contributed by atoms with E-state index < -0.39 is 0 Å². The molecule has 3 aromatic rings. The van der Waals surface area contributed by atoms with Gasteiger partial charge in [0, 0.05) is 19.2 Å². The number of fused-ring (bicyclic) bond motifs is 1. The molecule has 1 saturated heterocycles. The molecule has 0 radical (unpaired) electrons. The third-order valence-electron chi connectivity index (χ3n) is 4.13. The Kier molecular flexibility index (Phi) is 3.00. The lowest BCUT2D eigenvalue weighted by molar-refractivity contribution is 0.676. The first-order valence-electron chi connectivity index (χ1n) is 7.16. The molecule has 0 N–H and O–H groups in total.